The van der Waals surface area contributed by atoms with Crippen LogP contribution in [-0.2, 0) is 12.8 Å². The molecule has 1 atom stereocenters. The molecule has 3 heteroatoms. The van der Waals surface area contributed by atoms with E-state index in [9.17, 15) is 0 Å². The number of imidazole rings is 1. The molecule has 1 aromatic heterocycles. The molecule has 0 spiro atoms. The van der Waals surface area contributed by atoms with Crippen molar-refractivity contribution >= 4 is 0 Å². The molecule has 0 saturated heterocycles. The first-order chi connectivity index (χ1) is 8.83. The first kappa shape index (κ1) is 11.5. The summed E-state index contributed by atoms with van der Waals surface area (Å²) in [5.74, 6) is 0. The number of aromatic nitrogens is 2. The number of rotatable bonds is 4. The molecule has 94 valence electrons. The Labute approximate surface area is 108 Å². The molecule has 1 unspecified atom stereocenters. The Morgan fingerprint density at radius 2 is 2.39 bits per heavy atom. The van der Waals surface area contributed by atoms with Crippen molar-refractivity contribution < 1.29 is 0 Å². The molecule has 2 N–H and O–H groups in total. The highest BCUT2D eigenvalue weighted by molar-refractivity contribution is 5.37. The highest BCUT2D eigenvalue weighted by Crippen LogP contribution is 2.31. The van der Waals surface area contributed by atoms with E-state index in [2.05, 4.69) is 40.4 Å². The van der Waals surface area contributed by atoms with E-state index in [0.717, 1.165) is 13.0 Å². The van der Waals surface area contributed by atoms with Gasteiger partial charge in [-0.25, -0.2) is 4.98 Å². The van der Waals surface area contributed by atoms with Gasteiger partial charge in [0.15, 0.2) is 0 Å². The summed E-state index contributed by atoms with van der Waals surface area (Å²) in [6.45, 7) is 3.17. The zero-order chi connectivity index (χ0) is 12.4. The highest BCUT2D eigenvalue weighted by Gasteiger charge is 2.21. The van der Waals surface area contributed by atoms with Crippen LogP contribution in [0.2, 0.25) is 0 Å². The van der Waals surface area contributed by atoms with Crippen LogP contribution in [0.25, 0.3) is 0 Å². The fourth-order valence-corrected chi connectivity index (χ4v) is 2.74. The Bertz CT molecular complexity index is 517. The number of aromatic amines is 1. The van der Waals surface area contributed by atoms with Crippen LogP contribution >= 0.6 is 0 Å². The Morgan fingerprint density at radius 1 is 1.44 bits per heavy atom. The lowest BCUT2D eigenvalue weighted by Gasteiger charge is -2.14. The summed E-state index contributed by atoms with van der Waals surface area (Å²) in [6.07, 6.45) is 7.08. The third-order valence-electron chi connectivity index (χ3n) is 3.72. The largest absolute Gasteiger partial charge is 0.348 e. The molecule has 3 rings (SSSR count). The fourth-order valence-electron chi connectivity index (χ4n) is 2.74. The topological polar surface area (TPSA) is 40.7 Å². The van der Waals surface area contributed by atoms with Crippen LogP contribution < -0.4 is 5.32 Å². The van der Waals surface area contributed by atoms with Gasteiger partial charge in [-0.2, -0.15) is 0 Å². The Balaban J connectivity index is 1.61. The van der Waals surface area contributed by atoms with Gasteiger partial charge in [-0.3, -0.25) is 0 Å². The van der Waals surface area contributed by atoms with E-state index in [0.29, 0.717) is 6.04 Å². The van der Waals surface area contributed by atoms with E-state index in [1.807, 2.05) is 6.20 Å². The van der Waals surface area contributed by atoms with Crippen molar-refractivity contribution in [3.05, 3.63) is 53.1 Å². The predicted molar refractivity (Wildman–Crippen MR) is 72.5 cm³/mol. The maximum atomic E-state index is 4.04. The third kappa shape index (κ3) is 2.31. The van der Waals surface area contributed by atoms with E-state index in [1.54, 1.807) is 6.33 Å². The molecule has 1 heterocycles. The molecule has 18 heavy (non-hydrogen) atoms. The number of hydrogen-bond acceptors (Lipinski definition) is 2. The lowest BCUT2D eigenvalue weighted by atomic mass is 10.1. The smallest absolute Gasteiger partial charge is 0.0921 e. The quantitative estimate of drug-likeness (QED) is 0.863. The van der Waals surface area contributed by atoms with Crippen molar-refractivity contribution in [2.45, 2.75) is 32.2 Å². The maximum Gasteiger partial charge on any atom is 0.0921 e. The van der Waals surface area contributed by atoms with Gasteiger partial charge in [-0.1, -0.05) is 23.8 Å². The van der Waals surface area contributed by atoms with Crippen LogP contribution in [0.4, 0.5) is 0 Å². The summed E-state index contributed by atoms with van der Waals surface area (Å²) < 4.78 is 0. The predicted octanol–water partition coefficient (Wildman–Crippen LogP) is 2.54. The van der Waals surface area contributed by atoms with Crippen molar-refractivity contribution in [2.75, 3.05) is 6.54 Å². The Hall–Kier alpha value is -1.61. The second kappa shape index (κ2) is 4.94. The Kier molecular flexibility index (Phi) is 3.15. The average molecular weight is 241 g/mol. The second-order valence-corrected chi connectivity index (χ2v) is 5.07. The number of H-pyrrole nitrogens is 1. The van der Waals surface area contributed by atoms with Gasteiger partial charge in [0.05, 0.1) is 6.33 Å². The van der Waals surface area contributed by atoms with Crippen LogP contribution in [0.1, 0.15) is 34.8 Å². The molecule has 1 aliphatic rings. The minimum Gasteiger partial charge on any atom is -0.348 e. The molecule has 0 aliphatic heterocycles. The first-order valence-corrected chi connectivity index (χ1v) is 6.63. The van der Waals surface area contributed by atoms with Crippen LogP contribution in [0, 0.1) is 6.92 Å². The number of hydrogen-bond donors (Lipinski definition) is 2. The van der Waals surface area contributed by atoms with Gasteiger partial charge in [0.25, 0.3) is 0 Å². The summed E-state index contributed by atoms with van der Waals surface area (Å²) in [4.78, 5) is 7.18. The first-order valence-electron chi connectivity index (χ1n) is 6.63. The van der Waals surface area contributed by atoms with Crippen LogP contribution in [0.3, 0.4) is 0 Å². The standard InChI is InChI=1S/C15H19N3/c1-11-2-3-12-4-5-15(14(12)8-11)17-7-6-13-9-16-10-18-13/h2-3,8-10,15,17H,4-7H2,1H3,(H,16,18). The molecule has 1 aromatic carbocycles. The summed E-state index contributed by atoms with van der Waals surface area (Å²) in [7, 11) is 0. The SMILES string of the molecule is Cc1ccc2c(c1)C(NCCc1cnc[nH]1)CC2. The van der Waals surface area contributed by atoms with E-state index in [-0.39, 0.29) is 0 Å². The summed E-state index contributed by atoms with van der Waals surface area (Å²) in [5.41, 5.74) is 5.57. The van der Waals surface area contributed by atoms with Crippen molar-refractivity contribution in [1.29, 1.82) is 0 Å². The van der Waals surface area contributed by atoms with Gasteiger partial charge >= 0.3 is 0 Å². The van der Waals surface area contributed by atoms with E-state index in [1.165, 1.54) is 35.2 Å². The highest BCUT2D eigenvalue weighted by atomic mass is 14.9. The summed E-state index contributed by atoms with van der Waals surface area (Å²) in [6, 6.07) is 7.35. The van der Waals surface area contributed by atoms with Crippen molar-refractivity contribution in [3.8, 4) is 0 Å². The molecule has 0 amide bonds. The van der Waals surface area contributed by atoms with E-state index >= 15 is 0 Å². The molecule has 3 nitrogen and oxygen atoms in total. The van der Waals surface area contributed by atoms with Crippen LogP contribution in [0.15, 0.2) is 30.7 Å². The zero-order valence-corrected chi connectivity index (χ0v) is 10.7. The van der Waals surface area contributed by atoms with E-state index in [4.69, 9.17) is 0 Å². The molecule has 2 aromatic rings. The minimum atomic E-state index is 0.530. The second-order valence-electron chi connectivity index (χ2n) is 5.07. The lowest BCUT2D eigenvalue weighted by molar-refractivity contribution is 0.532. The summed E-state index contributed by atoms with van der Waals surface area (Å²) in [5, 5.41) is 3.66. The molecule has 0 fully saturated rings. The Morgan fingerprint density at radius 3 is 3.22 bits per heavy atom. The molecule has 0 saturated carbocycles. The van der Waals surface area contributed by atoms with Crippen molar-refractivity contribution in [1.82, 2.24) is 15.3 Å². The zero-order valence-electron chi connectivity index (χ0n) is 10.7. The monoisotopic (exact) mass is 241 g/mol. The molecular formula is C15H19N3. The number of nitrogens with one attached hydrogen (secondary N) is 2. The lowest BCUT2D eigenvalue weighted by Crippen LogP contribution is -2.22. The number of benzene rings is 1. The normalized spacial score (nSPS) is 17.9. The van der Waals surface area contributed by atoms with E-state index < -0.39 is 0 Å². The van der Waals surface area contributed by atoms with Crippen molar-refractivity contribution in [3.63, 3.8) is 0 Å². The average Bonchev–Trinajstić information content (AvgIpc) is 2.99. The molecule has 0 radical (unpaired) electrons. The molecule has 0 bridgehead atoms. The van der Waals surface area contributed by atoms with Gasteiger partial charge in [-0.15, -0.1) is 0 Å². The van der Waals surface area contributed by atoms with Gasteiger partial charge in [0.1, 0.15) is 0 Å². The van der Waals surface area contributed by atoms with Gasteiger partial charge < -0.3 is 10.3 Å². The van der Waals surface area contributed by atoms with Crippen LogP contribution in [0.5, 0.6) is 0 Å². The van der Waals surface area contributed by atoms with Crippen LogP contribution in [-0.4, -0.2) is 16.5 Å². The number of aryl methyl sites for hydroxylation is 2. The molecule has 1 aliphatic carbocycles. The van der Waals surface area contributed by atoms with Gasteiger partial charge in [0, 0.05) is 30.9 Å². The number of nitrogens with zero attached hydrogens (tertiary/aromatic N) is 1. The van der Waals surface area contributed by atoms with Gasteiger partial charge in [-0.05, 0) is 30.9 Å². The molecular weight excluding hydrogens is 222 g/mol. The summed E-state index contributed by atoms with van der Waals surface area (Å²) >= 11 is 0. The van der Waals surface area contributed by atoms with Gasteiger partial charge in [0.2, 0.25) is 0 Å². The third-order valence-corrected chi connectivity index (χ3v) is 3.72. The fraction of sp³-hybridized carbons (Fsp3) is 0.400. The number of fused-ring (bicyclic) bond motifs is 1. The van der Waals surface area contributed by atoms with Crippen molar-refractivity contribution in [2.24, 2.45) is 0 Å². The minimum absolute atomic E-state index is 0.530. The maximum absolute atomic E-state index is 4.04.